The highest BCUT2D eigenvalue weighted by Gasteiger charge is 2.24. The molecule has 0 saturated heterocycles. The molecule has 1 saturated carbocycles. The summed E-state index contributed by atoms with van der Waals surface area (Å²) in [6.07, 6.45) is 4.55. The Morgan fingerprint density at radius 3 is 2.79 bits per heavy atom. The minimum atomic E-state index is 0.420. The van der Waals surface area contributed by atoms with Crippen molar-refractivity contribution in [2.24, 2.45) is 0 Å². The molecule has 3 nitrogen and oxygen atoms in total. The van der Waals surface area contributed by atoms with Crippen molar-refractivity contribution in [3.8, 4) is 5.75 Å². The van der Waals surface area contributed by atoms with Gasteiger partial charge in [-0.15, -0.1) is 0 Å². The molecule has 1 heterocycles. The molecule has 0 amide bonds. The summed E-state index contributed by atoms with van der Waals surface area (Å²) in [5.41, 5.74) is 0. The van der Waals surface area contributed by atoms with Crippen molar-refractivity contribution in [1.82, 2.24) is 4.98 Å². The Balaban J connectivity index is 2.21. The van der Waals surface area contributed by atoms with Crippen LogP contribution < -0.4 is 9.64 Å². The van der Waals surface area contributed by atoms with Gasteiger partial charge in [0.2, 0.25) is 0 Å². The molecule has 0 radical (unpaired) electrons. The van der Waals surface area contributed by atoms with Gasteiger partial charge >= 0.3 is 0 Å². The smallest absolute Gasteiger partial charge is 0.139 e. The van der Waals surface area contributed by atoms with E-state index in [1.54, 1.807) is 6.20 Å². The lowest BCUT2D eigenvalue weighted by Crippen LogP contribution is -2.11. The van der Waals surface area contributed by atoms with E-state index in [1.165, 1.54) is 12.8 Å². The van der Waals surface area contributed by atoms with Crippen LogP contribution in [0.25, 0.3) is 0 Å². The average Bonchev–Trinajstić information content (AvgIpc) is 2.92. The zero-order valence-electron chi connectivity index (χ0n) is 8.33. The van der Waals surface area contributed by atoms with Crippen LogP contribution in [-0.4, -0.2) is 25.2 Å². The molecule has 76 valence electrons. The van der Waals surface area contributed by atoms with E-state index in [2.05, 4.69) is 20.9 Å². The largest absolute Gasteiger partial charge is 0.489 e. The number of hydrogen-bond donors (Lipinski definition) is 0. The minimum absolute atomic E-state index is 0.420. The van der Waals surface area contributed by atoms with Crippen molar-refractivity contribution in [2.75, 3.05) is 19.0 Å². The highest BCUT2D eigenvalue weighted by molar-refractivity contribution is 9.10. The maximum Gasteiger partial charge on any atom is 0.139 e. The van der Waals surface area contributed by atoms with E-state index in [0.717, 1.165) is 16.0 Å². The summed E-state index contributed by atoms with van der Waals surface area (Å²) in [5.74, 6) is 1.81. The molecule has 1 aliphatic carbocycles. The lowest BCUT2D eigenvalue weighted by Gasteiger charge is -2.13. The van der Waals surface area contributed by atoms with Crippen LogP contribution in [0.15, 0.2) is 16.7 Å². The number of anilines is 1. The van der Waals surface area contributed by atoms with E-state index in [1.807, 2.05) is 25.1 Å². The van der Waals surface area contributed by atoms with Crippen molar-refractivity contribution >= 4 is 21.7 Å². The van der Waals surface area contributed by atoms with Gasteiger partial charge in [0, 0.05) is 26.4 Å². The SMILES string of the molecule is CN(C)c1cc(OC2CC2)c(Br)cn1. The lowest BCUT2D eigenvalue weighted by molar-refractivity contribution is 0.301. The van der Waals surface area contributed by atoms with Gasteiger partial charge in [-0.2, -0.15) is 0 Å². The highest BCUT2D eigenvalue weighted by atomic mass is 79.9. The monoisotopic (exact) mass is 256 g/mol. The summed E-state index contributed by atoms with van der Waals surface area (Å²) >= 11 is 3.43. The van der Waals surface area contributed by atoms with Gasteiger partial charge in [-0.05, 0) is 28.8 Å². The number of nitrogens with zero attached hydrogens (tertiary/aromatic N) is 2. The van der Waals surface area contributed by atoms with Crippen molar-refractivity contribution in [1.29, 1.82) is 0 Å². The second kappa shape index (κ2) is 3.77. The predicted octanol–water partition coefficient (Wildman–Crippen LogP) is 2.45. The molecule has 0 aliphatic heterocycles. The molecule has 4 heteroatoms. The van der Waals surface area contributed by atoms with Gasteiger partial charge in [0.15, 0.2) is 0 Å². The summed E-state index contributed by atoms with van der Waals surface area (Å²) in [6, 6.07) is 1.96. The van der Waals surface area contributed by atoms with E-state index < -0.39 is 0 Å². The van der Waals surface area contributed by atoms with E-state index >= 15 is 0 Å². The Kier molecular flexibility index (Phi) is 2.63. The van der Waals surface area contributed by atoms with Gasteiger partial charge < -0.3 is 9.64 Å². The summed E-state index contributed by atoms with van der Waals surface area (Å²) in [6.45, 7) is 0. The van der Waals surface area contributed by atoms with Gasteiger partial charge in [0.25, 0.3) is 0 Å². The fourth-order valence-electron chi connectivity index (χ4n) is 1.11. The molecule has 2 rings (SSSR count). The van der Waals surface area contributed by atoms with E-state index in [4.69, 9.17) is 4.74 Å². The summed E-state index contributed by atoms with van der Waals surface area (Å²) in [7, 11) is 3.94. The van der Waals surface area contributed by atoms with E-state index in [9.17, 15) is 0 Å². The molecule has 0 bridgehead atoms. The quantitative estimate of drug-likeness (QED) is 0.831. The molecule has 0 unspecified atom stereocenters. The van der Waals surface area contributed by atoms with Crippen LogP contribution in [0, 0.1) is 0 Å². The first-order chi connectivity index (χ1) is 6.66. The number of hydrogen-bond acceptors (Lipinski definition) is 3. The van der Waals surface area contributed by atoms with Crippen molar-refractivity contribution < 1.29 is 4.74 Å². The average molecular weight is 257 g/mol. The molecule has 0 atom stereocenters. The Morgan fingerprint density at radius 1 is 1.50 bits per heavy atom. The van der Waals surface area contributed by atoms with Crippen molar-refractivity contribution in [3.05, 3.63) is 16.7 Å². The summed E-state index contributed by atoms with van der Waals surface area (Å²) in [4.78, 5) is 6.23. The Labute approximate surface area is 92.2 Å². The van der Waals surface area contributed by atoms with Crippen LogP contribution in [0.4, 0.5) is 5.82 Å². The van der Waals surface area contributed by atoms with Gasteiger partial charge in [-0.1, -0.05) is 0 Å². The van der Waals surface area contributed by atoms with Gasteiger partial charge in [0.05, 0.1) is 10.6 Å². The van der Waals surface area contributed by atoms with Crippen molar-refractivity contribution in [3.63, 3.8) is 0 Å². The molecule has 1 aromatic heterocycles. The number of aromatic nitrogens is 1. The standard InChI is InChI=1S/C10H13BrN2O/c1-13(2)10-5-9(8(11)6-12-10)14-7-3-4-7/h5-7H,3-4H2,1-2H3. The molecule has 14 heavy (non-hydrogen) atoms. The molecular formula is C10H13BrN2O. The van der Waals surface area contributed by atoms with Crippen molar-refractivity contribution in [2.45, 2.75) is 18.9 Å². The zero-order valence-corrected chi connectivity index (χ0v) is 9.91. The fourth-order valence-corrected chi connectivity index (χ4v) is 1.42. The molecule has 0 spiro atoms. The molecule has 1 fully saturated rings. The van der Waals surface area contributed by atoms with Gasteiger partial charge in [-0.3, -0.25) is 0 Å². The van der Waals surface area contributed by atoms with Crippen LogP contribution in [0.2, 0.25) is 0 Å². The molecule has 1 aromatic rings. The minimum Gasteiger partial charge on any atom is -0.489 e. The van der Waals surface area contributed by atoms with Gasteiger partial charge in [0.1, 0.15) is 11.6 Å². The third kappa shape index (κ3) is 2.18. The molecule has 0 N–H and O–H groups in total. The predicted molar refractivity (Wildman–Crippen MR) is 59.9 cm³/mol. The third-order valence-electron chi connectivity index (χ3n) is 2.08. The maximum atomic E-state index is 5.73. The van der Waals surface area contributed by atoms with Crippen LogP contribution in [0.3, 0.4) is 0 Å². The fraction of sp³-hybridized carbons (Fsp3) is 0.500. The number of ether oxygens (including phenoxy) is 1. The van der Waals surface area contributed by atoms with E-state index in [0.29, 0.717) is 6.10 Å². The Hall–Kier alpha value is -0.770. The Morgan fingerprint density at radius 2 is 2.21 bits per heavy atom. The van der Waals surface area contributed by atoms with Gasteiger partial charge in [-0.25, -0.2) is 4.98 Å². The lowest BCUT2D eigenvalue weighted by atomic mass is 10.4. The first-order valence-electron chi connectivity index (χ1n) is 4.66. The normalized spacial score (nSPS) is 15.4. The zero-order chi connectivity index (χ0) is 10.1. The summed E-state index contributed by atoms with van der Waals surface area (Å²) in [5, 5.41) is 0. The van der Waals surface area contributed by atoms with Crippen LogP contribution in [-0.2, 0) is 0 Å². The molecular weight excluding hydrogens is 244 g/mol. The highest BCUT2D eigenvalue weighted by Crippen LogP contribution is 2.33. The molecule has 1 aliphatic rings. The third-order valence-corrected chi connectivity index (χ3v) is 2.68. The second-order valence-electron chi connectivity index (χ2n) is 3.68. The summed E-state index contributed by atoms with van der Waals surface area (Å²) < 4.78 is 6.66. The molecule has 0 aromatic carbocycles. The number of pyridine rings is 1. The first-order valence-corrected chi connectivity index (χ1v) is 5.45. The van der Waals surface area contributed by atoms with Crippen LogP contribution in [0.5, 0.6) is 5.75 Å². The number of halogens is 1. The van der Waals surface area contributed by atoms with Crippen LogP contribution >= 0.6 is 15.9 Å². The first kappa shape index (κ1) is 9.77. The maximum absolute atomic E-state index is 5.73. The Bertz CT molecular complexity index is 337. The second-order valence-corrected chi connectivity index (χ2v) is 4.54. The van der Waals surface area contributed by atoms with E-state index in [-0.39, 0.29) is 0 Å². The van der Waals surface area contributed by atoms with Crippen LogP contribution in [0.1, 0.15) is 12.8 Å². The number of rotatable bonds is 3. The topological polar surface area (TPSA) is 25.4 Å².